The third-order valence-corrected chi connectivity index (χ3v) is 1.51. The largest absolute Gasteiger partial charge is 0.432 e. The molecule has 0 bridgehead atoms. The second-order valence-electron chi connectivity index (χ2n) is 2.12. The van der Waals surface area contributed by atoms with Crippen molar-refractivity contribution in [3.05, 3.63) is 34.9 Å². The molecule has 0 amide bonds. The van der Waals surface area contributed by atoms with E-state index in [0.717, 1.165) is 6.07 Å². The van der Waals surface area contributed by atoms with Crippen molar-refractivity contribution >= 4 is 19.3 Å². The van der Waals surface area contributed by atoms with Crippen LogP contribution in [0.1, 0.15) is 5.56 Å². The minimum Gasteiger partial charge on any atom is -0.430 e. The van der Waals surface area contributed by atoms with Crippen LogP contribution in [0.4, 0.5) is 13.2 Å². The van der Waals surface area contributed by atoms with Crippen LogP contribution < -0.4 is 0 Å². The van der Waals surface area contributed by atoms with Crippen molar-refractivity contribution in [1.29, 1.82) is 0 Å². The van der Waals surface area contributed by atoms with E-state index in [1.54, 1.807) is 0 Å². The van der Waals surface area contributed by atoms with Crippen LogP contribution in [0.25, 0.3) is 0 Å². The van der Waals surface area contributed by atoms with Crippen LogP contribution in [-0.2, 0) is 6.18 Å². The fraction of sp³-hybridized carbons (Fsp3) is 0.143. The Labute approximate surface area is 84.2 Å². The topological polar surface area (TPSA) is 40.5 Å². The van der Waals surface area contributed by atoms with Crippen LogP contribution in [0.2, 0.25) is 5.02 Å². The van der Waals surface area contributed by atoms with E-state index in [2.05, 4.69) is 0 Å². The van der Waals surface area contributed by atoms with Crippen molar-refractivity contribution in [2.24, 2.45) is 0 Å². The lowest BCUT2D eigenvalue weighted by Gasteiger charge is -2.06. The minimum atomic E-state index is -4.35. The SMILES string of the molecule is FC(F)(F)c1ccccc1Cl.OBO. The van der Waals surface area contributed by atoms with Crippen molar-refractivity contribution in [2.45, 2.75) is 6.18 Å². The average molecular weight is 226 g/mol. The lowest BCUT2D eigenvalue weighted by molar-refractivity contribution is -0.137. The summed E-state index contributed by atoms with van der Waals surface area (Å²) in [5.41, 5.74) is -0.790. The monoisotopic (exact) mass is 226 g/mol. The minimum absolute atomic E-state index is 0.264. The molecule has 78 valence electrons. The molecule has 0 spiro atoms. The fourth-order valence-electron chi connectivity index (χ4n) is 0.691. The molecule has 0 radical (unpaired) electrons. The Balaban J connectivity index is 0.000000500. The zero-order chi connectivity index (χ0) is 11.2. The summed E-state index contributed by atoms with van der Waals surface area (Å²) in [5, 5.41) is 14.0. The second kappa shape index (κ2) is 5.90. The van der Waals surface area contributed by atoms with Gasteiger partial charge < -0.3 is 10.0 Å². The molecule has 0 aliphatic heterocycles. The molecule has 1 aromatic rings. The molecule has 14 heavy (non-hydrogen) atoms. The van der Waals surface area contributed by atoms with Gasteiger partial charge in [0.15, 0.2) is 0 Å². The van der Waals surface area contributed by atoms with Gasteiger partial charge in [-0.2, -0.15) is 13.2 Å². The Morgan fingerprint density at radius 3 is 1.86 bits per heavy atom. The standard InChI is InChI=1S/C7H4ClF3.BH3O2/c8-6-4-2-1-3-5(6)7(9,10)11;2-1-3/h1-4H;1-3H. The fourth-order valence-corrected chi connectivity index (χ4v) is 0.934. The average Bonchev–Trinajstić information content (AvgIpc) is 2.04. The maximum Gasteiger partial charge on any atom is 0.432 e. The van der Waals surface area contributed by atoms with Crippen LogP contribution in [0.15, 0.2) is 24.3 Å². The first-order valence-electron chi connectivity index (χ1n) is 3.47. The lowest BCUT2D eigenvalue weighted by Crippen LogP contribution is -2.04. The third kappa shape index (κ3) is 4.50. The molecule has 1 rings (SSSR count). The van der Waals surface area contributed by atoms with Crippen LogP contribution in [0, 0.1) is 0 Å². The van der Waals surface area contributed by atoms with Gasteiger partial charge >= 0.3 is 13.9 Å². The molecule has 2 N–H and O–H groups in total. The molecular weight excluding hydrogens is 219 g/mol. The summed E-state index contributed by atoms with van der Waals surface area (Å²) in [4.78, 5) is 0. The predicted octanol–water partition coefficient (Wildman–Crippen LogP) is 1.60. The van der Waals surface area contributed by atoms with Gasteiger partial charge in [0, 0.05) is 0 Å². The Morgan fingerprint density at radius 1 is 1.14 bits per heavy atom. The molecular formula is C7H7BClF3O2. The first kappa shape index (κ1) is 13.3. The summed E-state index contributed by atoms with van der Waals surface area (Å²) in [6.07, 6.45) is -4.35. The lowest BCUT2D eigenvalue weighted by atomic mass is 10.2. The van der Waals surface area contributed by atoms with Gasteiger partial charge in [0.05, 0.1) is 10.6 Å². The van der Waals surface area contributed by atoms with Gasteiger partial charge in [0.1, 0.15) is 0 Å². The smallest absolute Gasteiger partial charge is 0.430 e. The summed E-state index contributed by atoms with van der Waals surface area (Å²) < 4.78 is 35.9. The van der Waals surface area contributed by atoms with E-state index in [0.29, 0.717) is 0 Å². The normalized spacial score (nSPS) is 10.1. The molecule has 0 fully saturated rings. The summed E-state index contributed by atoms with van der Waals surface area (Å²) in [6.45, 7) is 0. The third-order valence-electron chi connectivity index (χ3n) is 1.18. The summed E-state index contributed by atoms with van der Waals surface area (Å²) in [5.74, 6) is 0. The van der Waals surface area contributed by atoms with Gasteiger partial charge in [-0.1, -0.05) is 23.7 Å². The van der Waals surface area contributed by atoms with Crippen molar-refractivity contribution < 1.29 is 23.2 Å². The van der Waals surface area contributed by atoms with Crippen molar-refractivity contribution in [1.82, 2.24) is 0 Å². The van der Waals surface area contributed by atoms with E-state index in [9.17, 15) is 13.2 Å². The first-order valence-corrected chi connectivity index (χ1v) is 3.84. The molecule has 0 heterocycles. The predicted molar refractivity (Wildman–Crippen MR) is 48.0 cm³/mol. The highest BCUT2D eigenvalue weighted by molar-refractivity contribution is 6.31. The Bertz CT molecular complexity index is 280. The summed E-state index contributed by atoms with van der Waals surface area (Å²) in [6, 6.07) is 4.92. The molecule has 0 aromatic heterocycles. The molecule has 1 aromatic carbocycles. The first-order chi connectivity index (χ1) is 6.43. The van der Waals surface area contributed by atoms with Gasteiger partial charge in [-0.15, -0.1) is 0 Å². The van der Waals surface area contributed by atoms with Crippen molar-refractivity contribution in [3.63, 3.8) is 0 Å². The molecule has 0 aliphatic carbocycles. The molecule has 2 nitrogen and oxygen atoms in total. The summed E-state index contributed by atoms with van der Waals surface area (Å²) in [7, 11) is -0.750. The van der Waals surface area contributed by atoms with Crippen LogP contribution >= 0.6 is 11.6 Å². The van der Waals surface area contributed by atoms with E-state index < -0.39 is 19.4 Å². The zero-order valence-electron chi connectivity index (χ0n) is 6.92. The molecule has 7 heteroatoms. The van der Waals surface area contributed by atoms with E-state index >= 15 is 0 Å². The van der Waals surface area contributed by atoms with Gasteiger partial charge in [0.25, 0.3) is 0 Å². The molecule has 0 saturated heterocycles. The highest BCUT2D eigenvalue weighted by Gasteiger charge is 2.32. The molecule has 0 aliphatic rings. The van der Waals surface area contributed by atoms with Crippen molar-refractivity contribution in [2.75, 3.05) is 0 Å². The number of hydrogen-bond donors (Lipinski definition) is 2. The number of benzene rings is 1. The second-order valence-corrected chi connectivity index (χ2v) is 2.53. The van der Waals surface area contributed by atoms with Gasteiger partial charge in [-0.25, -0.2) is 0 Å². The van der Waals surface area contributed by atoms with E-state index in [1.807, 2.05) is 0 Å². The number of halogens is 4. The van der Waals surface area contributed by atoms with E-state index in [4.69, 9.17) is 21.6 Å². The number of rotatable bonds is 0. The highest BCUT2D eigenvalue weighted by Crippen LogP contribution is 2.33. The van der Waals surface area contributed by atoms with E-state index in [-0.39, 0.29) is 5.02 Å². The van der Waals surface area contributed by atoms with E-state index in [1.165, 1.54) is 18.2 Å². The zero-order valence-corrected chi connectivity index (χ0v) is 7.68. The summed E-state index contributed by atoms with van der Waals surface area (Å²) >= 11 is 5.29. The van der Waals surface area contributed by atoms with Gasteiger partial charge in [-0.3, -0.25) is 0 Å². The number of alkyl halides is 3. The Hall–Kier alpha value is -0.715. The van der Waals surface area contributed by atoms with Crippen LogP contribution in [-0.4, -0.2) is 17.7 Å². The Morgan fingerprint density at radius 2 is 1.57 bits per heavy atom. The quantitative estimate of drug-likeness (QED) is 0.660. The number of hydrogen-bond acceptors (Lipinski definition) is 2. The van der Waals surface area contributed by atoms with Crippen LogP contribution in [0.5, 0.6) is 0 Å². The van der Waals surface area contributed by atoms with Crippen LogP contribution in [0.3, 0.4) is 0 Å². The Kier molecular flexibility index (Phi) is 5.60. The maximum absolute atomic E-state index is 12.0. The maximum atomic E-state index is 12.0. The molecule has 0 saturated carbocycles. The van der Waals surface area contributed by atoms with Gasteiger partial charge in [-0.05, 0) is 12.1 Å². The van der Waals surface area contributed by atoms with Gasteiger partial charge in [0.2, 0.25) is 0 Å². The molecule has 0 unspecified atom stereocenters. The van der Waals surface area contributed by atoms with Crippen molar-refractivity contribution in [3.8, 4) is 0 Å². The molecule has 0 atom stereocenters. The highest BCUT2D eigenvalue weighted by atomic mass is 35.5.